The van der Waals surface area contributed by atoms with Crippen molar-refractivity contribution in [2.75, 3.05) is 5.73 Å². The van der Waals surface area contributed by atoms with Crippen LogP contribution in [0.25, 0.3) is 17.0 Å². The molecule has 1 saturated carbocycles. The second-order valence-corrected chi connectivity index (χ2v) is 8.54. The summed E-state index contributed by atoms with van der Waals surface area (Å²) in [5.74, 6) is -0.211. The van der Waals surface area contributed by atoms with Crippen molar-refractivity contribution in [2.24, 2.45) is 5.92 Å². The Kier molecular flexibility index (Phi) is 5.38. The van der Waals surface area contributed by atoms with E-state index >= 15 is 0 Å². The molecule has 1 unspecified atom stereocenters. The van der Waals surface area contributed by atoms with E-state index in [-0.39, 0.29) is 23.4 Å². The van der Waals surface area contributed by atoms with Crippen LogP contribution in [0.15, 0.2) is 72.6 Å². The predicted molar refractivity (Wildman–Crippen MR) is 127 cm³/mol. The van der Waals surface area contributed by atoms with Gasteiger partial charge in [0.25, 0.3) is 0 Å². The highest BCUT2D eigenvalue weighted by atomic mass is 16.2. The minimum atomic E-state index is -0.276. The van der Waals surface area contributed by atoms with E-state index < -0.39 is 0 Å². The Morgan fingerprint density at radius 3 is 2.76 bits per heavy atom. The highest BCUT2D eigenvalue weighted by molar-refractivity contribution is 6.12. The van der Waals surface area contributed by atoms with Crippen LogP contribution in [0, 0.1) is 5.92 Å². The average molecular weight is 440 g/mol. The molecular weight excluding hydrogens is 414 g/mol. The first-order valence-electron chi connectivity index (χ1n) is 11.1. The van der Waals surface area contributed by atoms with E-state index in [0.717, 1.165) is 35.4 Å². The monoisotopic (exact) mass is 439 g/mol. The van der Waals surface area contributed by atoms with Crippen LogP contribution in [0.2, 0.25) is 0 Å². The van der Waals surface area contributed by atoms with Crippen molar-refractivity contribution in [2.45, 2.75) is 32.2 Å². The van der Waals surface area contributed by atoms with Gasteiger partial charge in [0.2, 0.25) is 5.91 Å². The molecule has 1 aromatic carbocycles. The summed E-state index contributed by atoms with van der Waals surface area (Å²) < 4.78 is 1.55. The highest BCUT2D eigenvalue weighted by Crippen LogP contribution is 2.31. The lowest BCUT2D eigenvalue weighted by Gasteiger charge is -2.20. The van der Waals surface area contributed by atoms with E-state index in [2.05, 4.69) is 15.4 Å². The molecule has 0 radical (unpaired) electrons. The molecule has 33 heavy (non-hydrogen) atoms. The molecule has 0 saturated heterocycles. The summed E-state index contributed by atoms with van der Waals surface area (Å²) in [6, 6.07) is 13.3. The topological polar surface area (TPSA) is 103 Å². The van der Waals surface area contributed by atoms with Crippen LogP contribution in [0.5, 0.6) is 0 Å². The summed E-state index contributed by atoms with van der Waals surface area (Å²) in [5, 5.41) is 7.46. The van der Waals surface area contributed by atoms with Gasteiger partial charge >= 0.3 is 0 Å². The molecule has 5 rings (SSSR count). The number of anilines is 1. The molecule has 3 N–H and O–H groups in total. The number of rotatable bonds is 6. The number of aromatic nitrogens is 3. The number of nitrogens with one attached hydrogen (secondary N) is 1. The lowest BCUT2D eigenvalue weighted by Crippen LogP contribution is -2.32. The van der Waals surface area contributed by atoms with Crippen LogP contribution in [0.4, 0.5) is 5.82 Å². The van der Waals surface area contributed by atoms with Crippen molar-refractivity contribution in [1.29, 1.82) is 0 Å². The van der Waals surface area contributed by atoms with Crippen molar-refractivity contribution in [3.05, 3.63) is 83.7 Å². The number of nitrogens with two attached hydrogens (primary N) is 1. The lowest BCUT2D eigenvalue weighted by molar-refractivity contribution is -0.123. The minimum Gasteiger partial charge on any atom is -0.383 e. The van der Waals surface area contributed by atoms with E-state index in [1.54, 1.807) is 16.9 Å². The SMILES string of the molecule is CC1=CCC(C(=O)NC2CC2)C=C1n1ncc(C(=O)c2cccc(-c3ccccn3)c2)c1N. The number of nitrogens with zero attached hydrogens (tertiary/aromatic N) is 3. The second kappa shape index (κ2) is 8.50. The molecule has 2 heterocycles. The Labute approximate surface area is 192 Å². The molecule has 0 spiro atoms. The fourth-order valence-electron chi connectivity index (χ4n) is 3.99. The third kappa shape index (κ3) is 4.22. The summed E-state index contributed by atoms with van der Waals surface area (Å²) >= 11 is 0. The Balaban J connectivity index is 1.43. The molecule has 2 aliphatic carbocycles. The van der Waals surface area contributed by atoms with Crippen molar-refractivity contribution in [1.82, 2.24) is 20.1 Å². The summed E-state index contributed by atoms with van der Waals surface area (Å²) in [5.41, 5.74) is 10.6. The van der Waals surface area contributed by atoms with Gasteiger partial charge in [0, 0.05) is 23.4 Å². The zero-order chi connectivity index (χ0) is 22.9. The highest BCUT2D eigenvalue weighted by Gasteiger charge is 2.29. The van der Waals surface area contributed by atoms with E-state index in [1.807, 2.05) is 55.5 Å². The third-order valence-corrected chi connectivity index (χ3v) is 6.07. The van der Waals surface area contributed by atoms with Gasteiger partial charge in [0.1, 0.15) is 5.82 Å². The Hall–Kier alpha value is -4.00. The average Bonchev–Trinajstić information content (AvgIpc) is 3.58. The maximum atomic E-state index is 13.3. The molecule has 1 fully saturated rings. The van der Waals surface area contributed by atoms with Crippen LogP contribution in [-0.4, -0.2) is 32.5 Å². The van der Waals surface area contributed by atoms with Crippen LogP contribution >= 0.6 is 0 Å². The first kappa shape index (κ1) is 20.9. The second-order valence-electron chi connectivity index (χ2n) is 8.54. The maximum Gasteiger partial charge on any atom is 0.227 e. The van der Waals surface area contributed by atoms with Gasteiger partial charge in [0.15, 0.2) is 5.78 Å². The maximum absolute atomic E-state index is 13.3. The molecule has 3 aromatic rings. The first-order chi connectivity index (χ1) is 16.0. The van der Waals surface area contributed by atoms with Crippen molar-refractivity contribution < 1.29 is 9.59 Å². The molecule has 7 heteroatoms. The van der Waals surface area contributed by atoms with Gasteiger partial charge in [-0.05, 0) is 56.0 Å². The fraction of sp³-hybridized carbons (Fsp3) is 0.231. The van der Waals surface area contributed by atoms with Crippen molar-refractivity contribution in [3.8, 4) is 11.3 Å². The number of hydrogen-bond acceptors (Lipinski definition) is 5. The fourth-order valence-corrected chi connectivity index (χ4v) is 3.99. The van der Waals surface area contributed by atoms with E-state index in [1.165, 1.54) is 6.20 Å². The molecule has 0 bridgehead atoms. The van der Waals surface area contributed by atoms with Crippen LogP contribution in [-0.2, 0) is 4.79 Å². The number of amides is 1. The number of allylic oxidation sites excluding steroid dienone is 3. The van der Waals surface area contributed by atoms with Crippen molar-refractivity contribution in [3.63, 3.8) is 0 Å². The molecule has 7 nitrogen and oxygen atoms in total. The van der Waals surface area contributed by atoms with E-state index in [0.29, 0.717) is 23.6 Å². The molecular formula is C26H25N5O2. The van der Waals surface area contributed by atoms with Gasteiger partial charge in [0.05, 0.1) is 29.1 Å². The molecule has 0 aliphatic heterocycles. The number of benzene rings is 1. The zero-order valence-corrected chi connectivity index (χ0v) is 18.4. The number of carbonyl (C=O) groups is 2. The third-order valence-electron chi connectivity index (χ3n) is 6.07. The van der Waals surface area contributed by atoms with Gasteiger partial charge in [-0.1, -0.05) is 30.3 Å². The predicted octanol–water partition coefficient (Wildman–Crippen LogP) is 3.84. The largest absolute Gasteiger partial charge is 0.383 e. The number of carbonyl (C=O) groups excluding carboxylic acids is 2. The van der Waals surface area contributed by atoms with Gasteiger partial charge < -0.3 is 11.1 Å². The van der Waals surface area contributed by atoms with Crippen LogP contribution < -0.4 is 11.1 Å². The summed E-state index contributed by atoms with van der Waals surface area (Å²) in [4.78, 5) is 30.2. The Bertz CT molecular complexity index is 1290. The van der Waals surface area contributed by atoms with Gasteiger partial charge in [-0.15, -0.1) is 0 Å². The number of pyridine rings is 1. The minimum absolute atomic E-state index is 0.0205. The quantitative estimate of drug-likeness (QED) is 0.568. The molecule has 1 amide bonds. The van der Waals surface area contributed by atoms with E-state index in [4.69, 9.17) is 5.73 Å². The number of ketones is 1. The van der Waals surface area contributed by atoms with Gasteiger partial charge in [-0.3, -0.25) is 14.6 Å². The standard InChI is InChI=1S/C26H25N5O2/c1-16-8-9-19(26(33)30-20-10-11-20)14-23(16)31-25(27)21(15-29-31)24(32)18-6-4-5-17(13-18)22-7-2-3-12-28-22/h2-8,12-15,19-20H,9-11,27H2,1H3,(H,30,33). The summed E-state index contributed by atoms with van der Waals surface area (Å²) in [6.45, 7) is 1.96. The number of hydrogen-bond donors (Lipinski definition) is 2. The molecule has 2 aromatic heterocycles. The summed E-state index contributed by atoms with van der Waals surface area (Å²) in [6.07, 6.45) is 9.86. The van der Waals surface area contributed by atoms with Crippen LogP contribution in [0.3, 0.4) is 0 Å². The van der Waals surface area contributed by atoms with E-state index in [9.17, 15) is 9.59 Å². The van der Waals surface area contributed by atoms with Crippen LogP contribution in [0.1, 0.15) is 42.1 Å². The lowest BCUT2D eigenvalue weighted by atomic mass is 9.94. The van der Waals surface area contributed by atoms with Gasteiger partial charge in [-0.25, -0.2) is 4.68 Å². The van der Waals surface area contributed by atoms with Crippen molar-refractivity contribution >= 4 is 23.2 Å². The molecule has 1 atom stereocenters. The number of nitrogen functional groups attached to an aromatic ring is 1. The Morgan fingerprint density at radius 1 is 1.15 bits per heavy atom. The smallest absolute Gasteiger partial charge is 0.227 e. The summed E-state index contributed by atoms with van der Waals surface area (Å²) in [7, 11) is 0. The first-order valence-corrected chi connectivity index (χ1v) is 11.1. The zero-order valence-electron chi connectivity index (χ0n) is 18.4. The Morgan fingerprint density at radius 2 is 2.00 bits per heavy atom. The van der Waals surface area contributed by atoms with Gasteiger partial charge in [-0.2, -0.15) is 5.10 Å². The normalized spacial score (nSPS) is 17.8. The molecule has 166 valence electrons. The molecule has 2 aliphatic rings.